The molecule has 0 unspecified atom stereocenters. The Balaban J connectivity index is 1.60. The molecule has 1 aliphatic heterocycles. The summed E-state index contributed by atoms with van der Waals surface area (Å²) < 4.78 is 58.5. The van der Waals surface area contributed by atoms with Gasteiger partial charge >= 0.3 is 6.18 Å². The molecule has 2 heterocycles. The highest BCUT2D eigenvalue weighted by atomic mass is 19.4. The van der Waals surface area contributed by atoms with E-state index in [1.807, 2.05) is 29.2 Å². The second-order valence-electron chi connectivity index (χ2n) is 8.03. The molecule has 0 N–H and O–H groups in total. The molecule has 174 valence electrons. The third-order valence-corrected chi connectivity index (χ3v) is 5.79. The monoisotopic (exact) mass is 467 g/mol. The lowest BCUT2D eigenvalue weighted by Gasteiger charge is -2.29. The molecule has 3 aromatic carbocycles. The average Bonchev–Trinajstić information content (AvgIpc) is 2.84. The third-order valence-electron chi connectivity index (χ3n) is 5.79. The number of benzene rings is 3. The van der Waals surface area contributed by atoms with Crippen molar-refractivity contribution in [3.63, 3.8) is 0 Å². The second-order valence-corrected chi connectivity index (χ2v) is 8.03. The van der Waals surface area contributed by atoms with Crippen molar-refractivity contribution >= 4 is 11.0 Å². The van der Waals surface area contributed by atoms with Gasteiger partial charge < -0.3 is 13.9 Å². The van der Waals surface area contributed by atoms with Crippen LogP contribution in [-0.4, -0.2) is 18.7 Å². The Morgan fingerprint density at radius 1 is 1.00 bits per heavy atom. The summed E-state index contributed by atoms with van der Waals surface area (Å²) in [5.74, 6) is -0.176. The van der Waals surface area contributed by atoms with E-state index in [1.54, 1.807) is 31.4 Å². The number of hydrogen-bond acceptors (Lipinski definition) is 5. The molecule has 0 amide bonds. The van der Waals surface area contributed by atoms with Crippen molar-refractivity contribution < 1.29 is 27.1 Å². The zero-order valence-corrected chi connectivity index (χ0v) is 18.2. The van der Waals surface area contributed by atoms with Crippen molar-refractivity contribution in [2.45, 2.75) is 19.3 Å². The van der Waals surface area contributed by atoms with Crippen LogP contribution in [0.4, 0.5) is 13.2 Å². The zero-order chi connectivity index (χ0) is 23.9. The van der Waals surface area contributed by atoms with Gasteiger partial charge in [0.25, 0.3) is 0 Å². The van der Waals surface area contributed by atoms with Crippen molar-refractivity contribution in [2.75, 3.05) is 13.8 Å². The van der Waals surface area contributed by atoms with Crippen LogP contribution >= 0.6 is 0 Å². The highest BCUT2D eigenvalue weighted by Crippen LogP contribution is 2.40. The highest BCUT2D eigenvalue weighted by Gasteiger charge is 2.40. The molecule has 34 heavy (non-hydrogen) atoms. The van der Waals surface area contributed by atoms with E-state index in [0.717, 1.165) is 11.3 Å². The molecule has 0 atom stereocenters. The van der Waals surface area contributed by atoms with Crippen LogP contribution in [0.1, 0.15) is 16.9 Å². The van der Waals surface area contributed by atoms with Gasteiger partial charge in [-0.1, -0.05) is 42.5 Å². The maximum absolute atomic E-state index is 14.0. The minimum Gasteiger partial charge on any atom is -0.497 e. The fraction of sp³-hybridized carbons (Fsp3) is 0.192. The summed E-state index contributed by atoms with van der Waals surface area (Å²) >= 11 is 0. The summed E-state index contributed by atoms with van der Waals surface area (Å²) in [6.07, 6.45) is -4.85. The third kappa shape index (κ3) is 4.01. The second kappa shape index (κ2) is 8.53. The minimum absolute atomic E-state index is 0.0838. The van der Waals surface area contributed by atoms with E-state index in [2.05, 4.69) is 0 Å². The SMILES string of the molecule is COc1ccc(CN2COc3ccc4c(=O)c(-c5ccccc5)c(C(F)(F)F)oc4c3C2)cc1. The summed E-state index contributed by atoms with van der Waals surface area (Å²) in [5.41, 5.74) is 0.230. The molecule has 1 aliphatic rings. The predicted molar refractivity (Wildman–Crippen MR) is 121 cm³/mol. The van der Waals surface area contributed by atoms with Crippen LogP contribution < -0.4 is 14.9 Å². The molecule has 0 radical (unpaired) electrons. The van der Waals surface area contributed by atoms with Crippen molar-refractivity contribution in [1.82, 2.24) is 4.90 Å². The number of ether oxygens (including phenoxy) is 2. The number of hydrogen-bond donors (Lipinski definition) is 0. The predicted octanol–water partition coefficient (Wildman–Crippen LogP) is 5.84. The fourth-order valence-electron chi connectivity index (χ4n) is 4.17. The van der Waals surface area contributed by atoms with E-state index < -0.39 is 22.9 Å². The summed E-state index contributed by atoms with van der Waals surface area (Å²) in [4.78, 5) is 15.2. The first-order chi connectivity index (χ1) is 16.3. The Hall–Kier alpha value is -3.78. The number of rotatable bonds is 4. The first kappa shape index (κ1) is 22.0. The molecule has 0 spiro atoms. The highest BCUT2D eigenvalue weighted by molar-refractivity contribution is 5.87. The molecule has 0 fully saturated rings. The molecule has 0 saturated carbocycles. The van der Waals surface area contributed by atoms with E-state index in [-0.39, 0.29) is 29.8 Å². The van der Waals surface area contributed by atoms with Gasteiger partial charge in [0.2, 0.25) is 11.2 Å². The van der Waals surface area contributed by atoms with Gasteiger partial charge in [-0.25, -0.2) is 0 Å². The van der Waals surface area contributed by atoms with Crippen molar-refractivity contribution in [2.24, 2.45) is 0 Å². The van der Waals surface area contributed by atoms with Crippen molar-refractivity contribution in [3.05, 3.63) is 93.8 Å². The van der Waals surface area contributed by atoms with Crippen LogP contribution in [0.2, 0.25) is 0 Å². The lowest BCUT2D eigenvalue weighted by molar-refractivity contribution is -0.152. The standard InChI is InChI=1S/C26H20F3NO4/c1-32-18-9-7-16(8-10-18)13-30-14-20-21(33-15-30)12-11-19-23(31)22(17-5-3-2-4-6-17)25(26(27,28)29)34-24(19)20/h2-12H,13-15H2,1H3. The van der Waals surface area contributed by atoms with Crippen molar-refractivity contribution in [3.8, 4) is 22.6 Å². The quantitative estimate of drug-likeness (QED) is 0.378. The van der Waals surface area contributed by atoms with E-state index >= 15 is 0 Å². The fourth-order valence-corrected chi connectivity index (χ4v) is 4.17. The molecule has 5 nitrogen and oxygen atoms in total. The van der Waals surface area contributed by atoms with Crippen LogP contribution in [-0.2, 0) is 19.3 Å². The first-order valence-electron chi connectivity index (χ1n) is 10.6. The van der Waals surface area contributed by atoms with Gasteiger partial charge in [-0.3, -0.25) is 9.69 Å². The van der Waals surface area contributed by atoms with E-state index in [9.17, 15) is 18.0 Å². The van der Waals surface area contributed by atoms with Gasteiger partial charge in [-0.05, 0) is 35.4 Å². The van der Waals surface area contributed by atoms with Gasteiger partial charge in [-0.15, -0.1) is 0 Å². The van der Waals surface area contributed by atoms with Gasteiger partial charge in [-0.2, -0.15) is 13.2 Å². The number of fused-ring (bicyclic) bond motifs is 3. The molecule has 4 aromatic rings. The minimum atomic E-state index is -4.85. The van der Waals surface area contributed by atoms with Gasteiger partial charge in [0.1, 0.15) is 23.8 Å². The number of alkyl halides is 3. The summed E-state index contributed by atoms with van der Waals surface area (Å²) in [7, 11) is 1.59. The van der Waals surface area contributed by atoms with Gasteiger partial charge in [0.15, 0.2) is 0 Å². The van der Waals surface area contributed by atoms with Crippen LogP contribution in [0, 0.1) is 0 Å². The number of halogens is 3. The first-order valence-corrected chi connectivity index (χ1v) is 10.6. The molecule has 5 rings (SSSR count). The van der Waals surface area contributed by atoms with Crippen LogP contribution in [0.15, 0.2) is 75.9 Å². The zero-order valence-electron chi connectivity index (χ0n) is 18.2. The summed E-state index contributed by atoms with van der Waals surface area (Å²) in [6.45, 7) is 1.02. The van der Waals surface area contributed by atoms with Crippen LogP contribution in [0.3, 0.4) is 0 Å². The average molecular weight is 467 g/mol. The maximum atomic E-state index is 14.0. The summed E-state index contributed by atoms with van der Waals surface area (Å²) in [5, 5.41) is 0.0838. The Kier molecular flexibility index (Phi) is 5.53. The lowest BCUT2D eigenvalue weighted by Crippen LogP contribution is -2.32. The number of methoxy groups -OCH3 is 1. The van der Waals surface area contributed by atoms with E-state index in [0.29, 0.717) is 17.9 Å². The Bertz CT molecular complexity index is 1400. The van der Waals surface area contributed by atoms with E-state index in [4.69, 9.17) is 13.9 Å². The van der Waals surface area contributed by atoms with Crippen molar-refractivity contribution in [1.29, 1.82) is 0 Å². The molecule has 0 saturated heterocycles. The smallest absolute Gasteiger partial charge is 0.450 e. The normalized spacial score (nSPS) is 14.0. The lowest BCUT2D eigenvalue weighted by atomic mass is 10.00. The molecule has 1 aromatic heterocycles. The maximum Gasteiger partial charge on any atom is 0.450 e. The topological polar surface area (TPSA) is 51.9 Å². The van der Waals surface area contributed by atoms with E-state index in [1.165, 1.54) is 18.2 Å². The number of nitrogens with zero attached hydrogens (tertiary/aromatic N) is 1. The van der Waals surface area contributed by atoms with Gasteiger partial charge in [0.05, 0.1) is 23.6 Å². The Morgan fingerprint density at radius 2 is 1.74 bits per heavy atom. The Morgan fingerprint density at radius 3 is 2.41 bits per heavy atom. The largest absolute Gasteiger partial charge is 0.497 e. The molecule has 0 aliphatic carbocycles. The van der Waals surface area contributed by atoms with Crippen LogP contribution in [0.5, 0.6) is 11.5 Å². The molecular formula is C26H20F3NO4. The molecular weight excluding hydrogens is 447 g/mol. The Labute approximate surface area is 192 Å². The molecule has 0 bridgehead atoms. The molecule has 8 heteroatoms. The summed E-state index contributed by atoms with van der Waals surface area (Å²) in [6, 6.07) is 18.3. The van der Waals surface area contributed by atoms with Gasteiger partial charge in [0, 0.05) is 13.1 Å². The van der Waals surface area contributed by atoms with Crippen LogP contribution in [0.25, 0.3) is 22.1 Å².